The van der Waals surface area contributed by atoms with Gasteiger partial charge < -0.3 is 4.90 Å². The van der Waals surface area contributed by atoms with Gasteiger partial charge in [0, 0.05) is 35.7 Å². The van der Waals surface area contributed by atoms with Crippen LogP contribution in [0.1, 0.15) is 13.3 Å². The average molecular weight is 267 g/mol. The Morgan fingerprint density at radius 2 is 2.29 bits per heavy atom. The van der Waals surface area contributed by atoms with E-state index < -0.39 is 0 Å². The molecule has 1 fully saturated rings. The Bertz CT molecular complexity index is 462. The highest BCUT2D eigenvalue weighted by molar-refractivity contribution is 8.14. The minimum Gasteiger partial charge on any atom is -0.311 e. The predicted octanol–water partition coefficient (Wildman–Crippen LogP) is 2.36. The number of hydrogen-bond donors (Lipinski definition) is 1. The van der Waals surface area contributed by atoms with Crippen molar-refractivity contribution in [1.29, 1.82) is 0 Å². The van der Waals surface area contributed by atoms with Crippen molar-refractivity contribution in [2.45, 2.75) is 23.5 Å². The number of carbonyl (C=O) groups excluding carboxylic acids is 2. The Hall–Kier alpha value is -0.940. The molecule has 1 aromatic rings. The summed E-state index contributed by atoms with van der Waals surface area (Å²) in [5.41, 5.74) is 0.856. The molecule has 1 unspecified atom stereocenters. The van der Waals surface area contributed by atoms with Crippen molar-refractivity contribution >= 4 is 41.1 Å². The third kappa shape index (κ3) is 3.04. The first-order chi connectivity index (χ1) is 8.06. The second-order valence-corrected chi connectivity index (χ2v) is 5.95. The molecule has 1 aromatic carbocycles. The largest absolute Gasteiger partial charge is 0.311 e. The summed E-state index contributed by atoms with van der Waals surface area (Å²) in [5, 5.41) is 0.135. The zero-order chi connectivity index (χ0) is 12.4. The van der Waals surface area contributed by atoms with Crippen LogP contribution in [-0.4, -0.2) is 22.8 Å². The SMILES string of the molecule is CC(=O)SC1CC(=O)N(c2cccc(S)c2)C1. The summed E-state index contributed by atoms with van der Waals surface area (Å²) in [6.07, 6.45) is 0.432. The third-order valence-electron chi connectivity index (χ3n) is 2.56. The Morgan fingerprint density at radius 3 is 2.94 bits per heavy atom. The fourth-order valence-electron chi connectivity index (χ4n) is 1.90. The van der Waals surface area contributed by atoms with Gasteiger partial charge >= 0.3 is 0 Å². The molecule has 5 heteroatoms. The Kier molecular flexibility index (Phi) is 3.79. The van der Waals surface area contributed by atoms with Gasteiger partial charge in [0.25, 0.3) is 0 Å². The number of anilines is 1. The van der Waals surface area contributed by atoms with E-state index in [-0.39, 0.29) is 16.3 Å². The van der Waals surface area contributed by atoms with Gasteiger partial charge in [0.2, 0.25) is 5.91 Å². The Morgan fingerprint density at radius 1 is 1.53 bits per heavy atom. The molecule has 1 atom stereocenters. The predicted molar refractivity (Wildman–Crippen MR) is 72.7 cm³/mol. The first kappa shape index (κ1) is 12.5. The molecular weight excluding hydrogens is 254 g/mol. The number of hydrogen-bond acceptors (Lipinski definition) is 4. The number of carbonyl (C=O) groups is 2. The van der Waals surface area contributed by atoms with Crippen LogP contribution in [0.3, 0.4) is 0 Å². The van der Waals surface area contributed by atoms with Crippen molar-refractivity contribution < 1.29 is 9.59 Å². The van der Waals surface area contributed by atoms with Crippen molar-refractivity contribution in [2.75, 3.05) is 11.4 Å². The van der Waals surface area contributed by atoms with E-state index in [9.17, 15) is 9.59 Å². The molecule has 0 saturated carbocycles. The molecule has 0 aromatic heterocycles. The van der Waals surface area contributed by atoms with Gasteiger partial charge in [-0.1, -0.05) is 17.8 Å². The van der Waals surface area contributed by atoms with E-state index >= 15 is 0 Å². The van der Waals surface area contributed by atoms with Crippen LogP contribution in [0.25, 0.3) is 0 Å². The monoisotopic (exact) mass is 267 g/mol. The highest BCUT2D eigenvalue weighted by Gasteiger charge is 2.31. The van der Waals surface area contributed by atoms with Crippen LogP contribution in [0.2, 0.25) is 0 Å². The molecular formula is C12H13NO2S2. The van der Waals surface area contributed by atoms with Crippen LogP contribution in [-0.2, 0) is 9.59 Å². The van der Waals surface area contributed by atoms with Gasteiger partial charge in [0.15, 0.2) is 5.12 Å². The van der Waals surface area contributed by atoms with Crippen LogP contribution in [0, 0.1) is 0 Å². The Labute approximate surface area is 110 Å². The van der Waals surface area contributed by atoms with Gasteiger partial charge in [-0.05, 0) is 18.2 Å². The molecule has 0 aliphatic carbocycles. The molecule has 1 saturated heterocycles. The van der Waals surface area contributed by atoms with E-state index in [2.05, 4.69) is 12.6 Å². The van der Waals surface area contributed by atoms with Crippen LogP contribution >= 0.6 is 24.4 Å². The second-order valence-electron chi connectivity index (χ2n) is 3.96. The molecule has 0 bridgehead atoms. The van der Waals surface area contributed by atoms with E-state index in [1.165, 1.54) is 18.7 Å². The van der Waals surface area contributed by atoms with Gasteiger partial charge in [-0.3, -0.25) is 9.59 Å². The minimum atomic E-state index is 0.0626. The number of amides is 1. The van der Waals surface area contributed by atoms with E-state index in [0.717, 1.165) is 10.6 Å². The van der Waals surface area contributed by atoms with Crippen LogP contribution in [0.4, 0.5) is 5.69 Å². The second kappa shape index (κ2) is 5.14. The molecule has 3 nitrogen and oxygen atoms in total. The van der Waals surface area contributed by atoms with Gasteiger partial charge in [0.05, 0.1) is 0 Å². The number of benzene rings is 1. The summed E-state index contributed by atoms with van der Waals surface area (Å²) in [4.78, 5) is 25.4. The summed E-state index contributed by atoms with van der Waals surface area (Å²) in [6, 6.07) is 7.49. The average Bonchev–Trinajstić information content (AvgIpc) is 2.58. The van der Waals surface area contributed by atoms with Crippen molar-refractivity contribution in [2.24, 2.45) is 0 Å². The highest BCUT2D eigenvalue weighted by Crippen LogP contribution is 2.29. The number of thiol groups is 1. The van der Waals surface area contributed by atoms with Gasteiger partial charge in [-0.25, -0.2) is 0 Å². The number of nitrogens with zero attached hydrogens (tertiary/aromatic N) is 1. The number of thioether (sulfide) groups is 1. The molecule has 1 aliphatic heterocycles. The fourth-order valence-corrected chi connectivity index (χ4v) is 3.04. The molecule has 1 aliphatic rings. The summed E-state index contributed by atoms with van der Waals surface area (Å²) in [5.74, 6) is 0.0719. The van der Waals surface area contributed by atoms with Crippen LogP contribution in [0.5, 0.6) is 0 Å². The van der Waals surface area contributed by atoms with Gasteiger partial charge in [-0.2, -0.15) is 0 Å². The first-order valence-corrected chi connectivity index (χ1v) is 6.65. The standard InChI is InChI=1S/C12H13NO2S2/c1-8(14)17-11-6-12(15)13(7-11)9-3-2-4-10(16)5-9/h2-5,11,16H,6-7H2,1H3. The normalized spacial score (nSPS) is 19.8. The fraction of sp³-hybridized carbons (Fsp3) is 0.333. The van der Waals surface area contributed by atoms with E-state index in [0.29, 0.717) is 13.0 Å². The van der Waals surface area contributed by atoms with Gasteiger partial charge in [-0.15, -0.1) is 12.6 Å². The van der Waals surface area contributed by atoms with Crippen molar-refractivity contribution in [3.05, 3.63) is 24.3 Å². The molecule has 0 spiro atoms. The lowest BCUT2D eigenvalue weighted by molar-refractivity contribution is -0.117. The van der Waals surface area contributed by atoms with Crippen molar-refractivity contribution in [3.63, 3.8) is 0 Å². The lowest BCUT2D eigenvalue weighted by Gasteiger charge is -2.16. The molecule has 0 N–H and O–H groups in total. The summed E-state index contributed by atoms with van der Waals surface area (Å²) in [6.45, 7) is 2.13. The lowest BCUT2D eigenvalue weighted by Crippen LogP contribution is -2.24. The molecule has 17 heavy (non-hydrogen) atoms. The zero-order valence-corrected chi connectivity index (χ0v) is 11.1. The van der Waals surface area contributed by atoms with E-state index in [4.69, 9.17) is 0 Å². The highest BCUT2D eigenvalue weighted by atomic mass is 32.2. The maximum atomic E-state index is 11.9. The van der Waals surface area contributed by atoms with E-state index in [1.54, 1.807) is 4.90 Å². The number of rotatable bonds is 2. The Balaban J connectivity index is 2.13. The molecule has 0 radical (unpaired) electrons. The maximum Gasteiger partial charge on any atom is 0.228 e. The summed E-state index contributed by atoms with van der Waals surface area (Å²) < 4.78 is 0. The van der Waals surface area contributed by atoms with Crippen LogP contribution < -0.4 is 4.90 Å². The summed E-state index contributed by atoms with van der Waals surface area (Å²) in [7, 11) is 0. The minimum absolute atomic E-state index is 0.0626. The molecule has 1 amide bonds. The molecule has 90 valence electrons. The molecule has 1 heterocycles. The third-order valence-corrected chi connectivity index (χ3v) is 3.82. The zero-order valence-electron chi connectivity index (χ0n) is 9.42. The van der Waals surface area contributed by atoms with Gasteiger partial charge in [0.1, 0.15) is 0 Å². The van der Waals surface area contributed by atoms with Crippen LogP contribution in [0.15, 0.2) is 29.2 Å². The topological polar surface area (TPSA) is 37.4 Å². The van der Waals surface area contributed by atoms with Crippen molar-refractivity contribution in [3.8, 4) is 0 Å². The maximum absolute atomic E-state index is 11.9. The quantitative estimate of drug-likeness (QED) is 0.836. The molecule has 2 rings (SSSR count). The van der Waals surface area contributed by atoms with Crippen molar-refractivity contribution in [1.82, 2.24) is 0 Å². The lowest BCUT2D eigenvalue weighted by atomic mass is 10.3. The first-order valence-electron chi connectivity index (χ1n) is 5.33. The van der Waals surface area contributed by atoms with E-state index in [1.807, 2.05) is 24.3 Å². The summed E-state index contributed by atoms with van der Waals surface area (Å²) >= 11 is 5.51. The smallest absolute Gasteiger partial charge is 0.228 e.